The van der Waals surface area contributed by atoms with Gasteiger partial charge in [-0.15, -0.1) is 0 Å². The largest absolute Gasteiger partial charge is 0.354 e. The molecule has 20 heavy (non-hydrogen) atoms. The summed E-state index contributed by atoms with van der Waals surface area (Å²) in [6.45, 7) is 3.39. The molecular formula is C16H22N2O2. The van der Waals surface area contributed by atoms with Crippen molar-refractivity contribution in [3.05, 3.63) is 35.9 Å². The number of hydrogen-bond acceptors (Lipinski definition) is 2. The highest BCUT2D eigenvalue weighted by atomic mass is 16.2. The van der Waals surface area contributed by atoms with Gasteiger partial charge in [-0.2, -0.15) is 0 Å². The summed E-state index contributed by atoms with van der Waals surface area (Å²) in [4.78, 5) is 26.1. The first-order valence-electron chi connectivity index (χ1n) is 7.33. The predicted octanol–water partition coefficient (Wildman–Crippen LogP) is 1.75. The second-order valence-corrected chi connectivity index (χ2v) is 5.20. The van der Waals surface area contributed by atoms with Crippen LogP contribution in [0.4, 0.5) is 0 Å². The Morgan fingerprint density at radius 3 is 2.75 bits per heavy atom. The van der Waals surface area contributed by atoms with Crippen molar-refractivity contribution in [1.29, 1.82) is 0 Å². The molecule has 1 saturated heterocycles. The van der Waals surface area contributed by atoms with Crippen molar-refractivity contribution in [2.45, 2.75) is 38.6 Å². The van der Waals surface area contributed by atoms with Gasteiger partial charge in [0.05, 0.1) is 6.42 Å². The number of nitrogens with zero attached hydrogens (tertiary/aromatic N) is 1. The normalized spacial score (nSPS) is 18.1. The number of carbonyl (C=O) groups excluding carboxylic acids is 2. The Hall–Kier alpha value is -1.84. The van der Waals surface area contributed by atoms with Gasteiger partial charge < -0.3 is 10.2 Å². The van der Waals surface area contributed by atoms with Crippen molar-refractivity contribution in [1.82, 2.24) is 10.2 Å². The van der Waals surface area contributed by atoms with Gasteiger partial charge in [0.25, 0.3) is 0 Å². The number of amides is 2. The van der Waals surface area contributed by atoms with E-state index >= 15 is 0 Å². The van der Waals surface area contributed by atoms with Crippen LogP contribution in [0.2, 0.25) is 0 Å². The molecule has 1 atom stereocenters. The third-order valence-corrected chi connectivity index (χ3v) is 3.62. The molecule has 1 aromatic rings. The van der Waals surface area contributed by atoms with Crippen LogP contribution in [0.1, 0.15) is 31.7 Å². The van der Waals surface area contributed by atoms with Crippen LogP contribution in [0.5, 0.6) is 0 Å². The molecule has 108 valence electrons. The highest BCUT2D eigenvalue weighted by Gasteiger charge is 2.33. The van der Waals surface area contributed by atoms with Gasteiger partial charge in [0.15, 0.2) is 0 Å². The third-order valence-electron chi connectivity index (χ3n) is 3.62. The summed E-state index contributed by atoms with van der Waals surface area (Å²) in [7, 11) is 0. The Kier molecular flexibility index (Phi) is 5.16. The molecule has 1 unspecified atom stereocenters. The van der Waals surface area contributed by atoms with E-state index in [1.807, 2.05) is 37.3 Å². The molecule has 1 aromatic carbocycles. The van der Waals surface area contributed by atoms with Crippen molar-refractivity contribution in [3.8, 4) is 0 Å². The highest BCUT2D eigenvalue weighted by Crippen LogP contribution is 2.19. The summed E-state index contributed by atoms with van der Waals surface area (Å²) in [5.41, 5.74) is 0.997. The number of nitrogens with one attached hydrogen (secondary N) is 1. The minimum Gasteiger partial charge on any atom is -0.354 e. The molecule has 0 bridgehead atoms. The molecule has 4 nitrogen and oxygen atoms in total. The van der Waals surface area contributed by atoms with Crippen molar-refractivity contribution in [2.75, 3.05) is 13.1 Å². The maximum atomic E-state index is 12.3. The number of benzene rings is 1. The van der Waals surface area contributed by atoms with E-state index in [-0.39, 0.29) is 17.9 Å². The Bertz CT molecular complexity index is 459. The van der Waals surface area contributed by atoms with Crippen LogP contribution in [0, 0.1) is 0 Å². The van der Waals surface area contributed by atoms with Gasteiger partial charge in [-0.1, -0.05) is 37.3 Å². The number of likely N-dealkylation sites (tertiary alicyclic amines) is 1. The maximum Gasteiger partial charge on any atom is 0.242 e. The lowest BCUT2D eigenvalue weighted by molar-refractivity contribution is -0.137. The molecule has 0 spiro atoms. The van der Waals surface area contributed by atoms with E-state index in [0.29, 0.717) is 19.5 Å². The average molecular weight is 274 g/mol. The van der Waals surface area contributed by atoms with Gasteiger partial charge in [0.1, 0.15) is 6.04 Å². The van der Waals surface area contributed by atoms with Crippen molar-refractivity contribution < 1.29 is 9.59 Å². The summed E-state index contributed by atoms with van der Waals surface area (Å²) < 4.78 is 0. The van der Waals surface area contributed by atoms with E-state index in [0.717, 1.165) is 24.8 Å². The first-order valence-corrected chi connectivity index (χ1v) is 7.33. The molecule has 1 aliphatic heterocycles. The van der Waals surface area contributed by atoms with Gasteiger partial charge in [-0.05, 0) is 24.8 Å². The third kappa shape index (κ3) is 3.59. The molecule has 1 aliphatic rings. The fourth-order valence-corrected chi connectivity index (χ4v) is 2.58. The molecule has 0 saturated carbocycles. The van der Waals surface area contributed by atoms with Crippen LogP contribution in [-0.4, -0.2) is 35.8 Å². The lowest BCUT2D eigenvalue weighted by Crippen LogP contribution is -2.46. The Morgan fingerprint density at radius 2 is 2.05 bits per heavy atom. The van der Waals surface area contributed by atoms with Crippen molar-refractivity contribution in [3.63, 3.8) is 0 Å². The van der Waals surface area contributed by atoms with E-state index in [2.05, 4.69) is 5.32 Å². The summed E-state index contributed by atoms with van der Waals surface area (Å²) in [6.07, 6.45) is 2.97. The number of rotatable bonds is 5. The van der Waals surface area contributed by atoms with Gasteiger partial charge in [0, 0.05) is 13.1 Å². The fourth-order valence-electron chi connectivity index (χ4n) is 2.58. The van der Waals surface area contributed by atoms with Crippen LogP contribution < -0.4 is 5.32 Å². The highest BCUT2D eigenvalue weighted by molar-refractivity contribution is 5.89. The van der Waals surface area contributed by atoms with Crippen LogP contribution >= 0.6 is 0 Å². The minimum atomic E-state index is -0.280. The standard InChI is InChI=1S/C16H22N2O2/c1-2-10-17-16(20)14-9-6-11-18(14)15(19)12-13-7-4-3-5-8-13/h3-5,7-8,14H,2,6,9-12H2,1H3,(H,17,20). The van der Waals surface area contributed by atoms with E-state index < -0.39 is 0 Å². The van der Waals surface area contributed by atoms with Crippen LogP contribution in [-0.2, 0) is 16.0 Å². The summed E-state index contributed by atoms with van der Waals surface area (Å²) >= 11 is 0. The van der Waals surface area contributed by atoms with Gasteiger partial charge in [-0.25, -0.2) is 0 Å². The van der Waals surface area contributed by atoms with Crippen molar-refractivity contribution >= 4 is 11.8 Å². The van der Waals surface area contributed by atoms with E-state index in [9.17, 15) is 9.59 Å². The van der Waals surface area contributed by atoms with E-state index in [1.54, 1.807) is 4.90 Å². The number of hydrogen-bond donors (Lipinski definition) is 1. The molecule has 2 rings (SSSR count). The van der Waals surface area contributed by atoms with Gasteiger partial charge in [0.2, 0.25) is 11.8 Å². The molecule has 0 aromatic heterocycles. The first-order chi connectivity index (χ1) is 9.72. The quantitative estimate of drug-likeness (QED) is 0.889. The smallest absolute Gasteiger partial charge is 0.242 e. The molecule has 4 heteroatoms. The summed E-state index contributed by atoms with van der Waals surface area (Å²) in [5, 5.41) is 2.89. The zero-order chi connectivity index (χ0) is 14.4. The lowest BCUT2D eigenvalue weighted by atomic mass is 10.1. The topological polar surface area (TPSA) is 49.4 Å². The molecule has 1 heterocycles. The Balaban J connectivity index is 1.96. The summed E-state index contributed by atoms with van der Waals surface area (Å²) in [6, 6.07) is 9.40. The van der Waals surface area contributed by atoms with Crippen LogP contribution in [0.15, 0.2) is 30.3 Å². The predicted molar refractivity (Wildman–Crippen MR) is 78.2 cm³/mol. The summed E-state index contributed by atoms with van der Waals surface area (Å²) in [5.74, 6) is 0.0381. The molecule has 1 N–H and O–H groups in total. The zero-order valence-electron chi connectivity index (χ0n) is 12.0. The average Bonchev–Trinajstić information content (AvgIpc) is 2.95. The molecule has 0 radical (unpaired) electrons. The van der Waals surface area contributed by atoms with Crippen molar-refractivity contribution in [2.24, 2.45) is 0 Å². The molecule has 0 aliphatic carbocycles. The van der Waals surface area contributed by atoms with Crippen LogP contribution in [0.25, 0.3) is 0 Å². The van der Waals surface area contributed by atoms with Gasteiger partial charge >= 0.3 is 0 Å². The Morgan fingerprint density at radius 1 is 1.30 bits per heavy atom. The zero-order valence-corrected chi connectivity index (χ0v) is 12.0. The van der Waals surface area contributed by atoms with Gasteiger partial charge in [-0.3, -0.25) is 9.59 Å². The number of carbonyl (C=O) groups is 2. The second-order valence-electron chi connectivity index (χ2n) is 5.20. The van der Waals surface area contributed by atoms with E-state index in [1.165, 1.54) is 0 Å². The maximum absolute atomic E-state index is 12.3. The lowest BCUT2D eigenvalue weighted by Gasteiger charge is -2.24. The first kappa shape index (κ1) is 14.6. The monoisotopic (exact) mass is 274 g/mol. The molecular weight excluding hydrogens is 252 g/mol. The van der Waals surface area contributed by atoms with Crippen LogP contribution in [0.3, 0.4) is 0 Å². The fraction of sp³-hybridized carbons (Fsp3) is 0.500. The Labute approximate surface area is 120 Å². The van der Waals surface area contributed by atoms with E-state index in [4.69, 9.17) is 0 Å². The minimum absolute atomic E-state index is 0.00855. The molecule has 1 fully saturated rings. The SMILES string of the molecule is CCCNC(=O)C1CCCN1C(=O)Cc1ccccc1. The second kappa shape index (κ2) is 7.08. The molecule has 2 amide bonds.